The van der Waals surface area contributed by atoms with Crippen LogP contribution in [-0.2, 0) is 11.2 Å². The van der Waals surface area contributed by atoms with Gasteiger partial charge in [0.25, 0.3) is 0 Å². The minimum absolute atomic E-state index is 0.0432. The molecule has 1 saturated heterocycles. The molecule has 0 bridgehead atoms. The summed E-state index contributed by atoms with van der Waals surface area (Å²) in [6.45, 7) is 7.05. The van der Waals surface area contributed by atoms with Crippen LogP contribution in [0, 0.1) is 5.41 Å². The largest absolute Gasteiger partial charge is 0.396 e. The molecule has 1 aromatic carbocycles. The third kappa shape index (κ3) is 5.82. The highest BCUT2D eigenvalue weighted by molar-refractivity contribution is 5.76. The lowest BCUT2D eigenvalue weighted by Crippen LogP contribution is -2.48. The number of nitrogens with zero attached hydrogens (tertiary/aromatic N) is 2. The van der Waals surface area contributed by atoms with E-state index in [0.29, 0.717) is 12.3 Å². The Labute approximate surface area is 159 Å². The van der Waals surface area contributed by atoms with Crippen LogP contribution in [0.15, 0.2) is 24.3 Å². The highest BCUT2D eigenvalue weighted by Gasteiger charge is 2.35. The van der Waals surface area contributed by atoms with Gasteiger partial charge in [-0.3, -0.25) is 4.79 Å². The van der Waals surface area contributed by atoms with Crippen molar-refractivity contribution in [3.63, 3.8) is 0 Å². The van der Waals surface area contributed by atoms with Crippen LogP contribution < -0.4 is 0 Å². The Morgan fingerprint density at radius 3 is 2.31 bits per heavy atom. The number of hydrogen-bond acceptors (Lipinski definition) is 3. The van der Waals surface area contributed by atoms with Crippen LogP contribution >= 0.6 is 0 Å². The van der Waals surface area contributed by atoms with E-state index >= 15 is 0 Å². The zero-order valence-corrected chi connectivity index (χ0v) is 17.0. The standard InChI is InChI=1S/C22H36N2O2/c1-18(2)20-10-8-19(9-11-20)6-5-7-21(26)24-14-12-22(17-25,13-15-24)16-23(3)4/h8-11,18,25H,5-7,12-17H2,1-4H3. The van der Waals surface area contributed by atoms with Crippen LogP contribution in [0.5, 0.6) is 0 Å². The van der Waals surface area contributed by atoms with Crippen molar-refractivity contribution in [2.75, 3.05) is 40.3 Å². The number of aryl methyl sites for hydroxylation is 1. The molecule has 0 unspecified atom stereocenters. The molecule has 0 aromatic heterocycles. The second-order valence-corrected chi connectivity index (χ2v) is 8.53. The maximum Gasteiger partial charge on any atom is 0.222 e. The number of carbonyl (C=O) groups is 1. The van der Waals surface area contributed by atoms with Gasteiger partial charge in [0.1, 0.15) is 0 Å². The number of piperidine rings is 1. The molecule has 1 aliphatic rings. The Bertz CT molecular complexity index is 558. The lowest BCUT2D eigenvalue weighted by molar-refractivity contribution is -0.134. The minimum atomic E-state index is -0.0432. The second-order valence-electron chi connectivity index (χ2n) is 8.53. The van der Waals surface area contributed by atoms with E-state index in [1.54, 1.807) is 0 Å². The number of aliphatic hydroxyl groups excluding tert-OH is 1. The Hall–Kier alpha value is -1.39. The van der Waals surface area contributed by atoms with Crippen molar-refractivity contribution < 1.29 is 9.90 Å². The summed E-state index contributed by atoms with van der Waals surface area (Å²) in [6.07, 6.45) is 4.26. The van der Waals surface area contributed by atoms with Crippen molar-refractivity contribution in [2.24, 2.45) is 5.41 Å². The zero-order chi connectivity index (χ0) is 19.2. The van der Waals surface area contributed by atoms with Crippen molar-refractivity contribution in [1.82, 2.24) is 9.80 Å². The molecule has 2 rings (SSSR count). The molecule has 1 N–H and O–H groups in total. The van der Waals surface area contributed by atoms with Gasteiger partial charge in [-0.1, -0.05) is 38.1 Å². The number of aliphatic hydroxyl groups is 1. The van der Waals surface area contributed by atoms with E-state index in [9.17, 15) is 9.90 Å². The van der Waals surface area contributed by atoms with Gasteiger partial charge in [-0.05, 0) is 56.8 Å². The fourth-order valence-corrected chi connectivity index (χ4v) is 3.94. The highest BCUT2D eigenvalue weighted by Crippen LogP contribution is 2.32. The van der Waals surface area contributed by atoms with E-state index < -0.39 is 0 Å². The van der Waals surface area contributed by atoms with Gasteiger partial charge in [-0.15, -0.1) is 0 Å². The zero-order valence-electron chi connectivity index (χ0n) is 17.0. The van der Waals surface area contributed by atoms with Crippen molar-refractivity contribution in [3.05, 3.63) is 35.4 Å². The second kappa shape index (κ2) is 9.52. The third-order valence-corrected chi connectivity index (χ3v) is 5.67. The molecular formula is C22H36N2O2. The summed E-state index contributed by atoms with van der Waals surface area (Å²) >= 11 is 0. The summed E-state index contributed by atoms with van der Waals surface area (Å²) in [5.41, 5.74) is 2.63. The quantitative estimate of drug-likeness (QED) is 0.774. The van der Waals surface area contributed by atoms with Gasteiger partial charge >= 0.3 is 0 Å². The Morgan fingerprint density at radius 1 is 1.19 bits per heavy atom. The fraction of sp³-hybridized carbons (Fsp3) is 0.682. The number of likely N-dealkylation sites (tertiary alicyclic amines) is 1. The average molecular weight is 361 g/mol. The lowest BCUT2D eigenvalue weighted by atomic mass is 9.78. The Kier molecular flexibility index (Phi) is 7.66. The molecule has 26 heavy (non-hydrogen) atoms. The highest BCUT2D eigenvalue weighted by atomic mass is 16.3. The van der Waals surface area contributed by atoms with Crippen molar-refractivity contribution in [2.45, 2.75) is 51.9 Å². The normalized spacial score (nSPS) is 17.1. The van der Waals surface area contributed by atoms with E-state index in [1.165, 1.54) is 11.1 Å². The molecule has 1 aliphatic heterocycles. The van der Waals surface area contributed by atoms with Crippen molar-refractivity contribution in [1.29, 1.82) is 0 Å². The first-order valence-corrected chi connectivity index (χ1v) is 9.97. The number of carbonyl (C=O) groups excluding carboxylic acids is 1. The third-order valence-electron chi connectivity index (χ3n) is 5.67. The Morgan fingerprint density at radius 2 is 1.81 bits per heavy atom. The van der Waals surface area contributed by atoms with Gasteiger partial charge in [0.15, 0.2) is 0 Å². The number of amides is 1. The molecule has 0 radical (unpaired) electrons. The molecule has 146 valence electrons. The molecule has 0 spiro atoms. The van der Waals surface area contributed by atoms with Crippen LogP contribution in [0.4, 0.5) is 0 Å². The van der Waals surface area contributed by atoms with Crippen molar-refractivity contribution >= 4 is 5.91 Å². The topological polar surface area (TPSA) is 43.8 Å². The van der Waals surface area contributed by atoms with Gasteiger partial charge in [-0.2, -0.15) is 0 Å². The molecule has 1 aromatic rings. The first-order valence-electron chi connectivity index (χ1n) is 9.97. The summed E-state index contributed by atoms with van der Waals surface area (Å²) in [7, 11) is 4.09. The predicted molar refractivity (Wildman–Crippen MR) is 107 cm³/mol. The number of hydrogen-bond donors (Lipinski definition) is 1. The first-order chi connectivity index (χ1) is 12.3. The molecular weight excluding hydrogens is 324 g/mol. The summed E-state index contributed by atoms with van der Waals surface area (Å²) in [6, 6.07) is 8.78. The van der Waals surface area contributed by atoms with E-state index in [-0.39, 0.29) is 17.9 Å². The van der Waals surface area contributed by atoms with Gasteiger partial charge in [0.2, 0.25) is 5.91 Å². The monoisotopic (exact) mass is 360 g/mol. The van der Waals surface area contributed by atoms with E-state index in [1.807, 2.05) is 19.0 Å². The SMILES string of the molecule is CC(C)c1ccc(CCCC(=O)N2CCC(CO)(CN(C)C)CC2)cc1. The van der Waals surface area contributed by atoms with Crippen molar-refractivity contribution in [3.8, 4) is 0 Å². The van der Waals surface area contributed by atoms with Crippen LogP contribution in [0.1, 0.15) is 56.6 Å². The molecule has 4 heteroatoms. The van der Waals surface area contributed by atoms with Gasteiger partial charge in [-0.25, -0.2) is 0 Å². The molecule has 4 nitrogen and oxygen atoms in total. The van der Waals surface area contributed by atoms with Crippen LogP contribution in [-0.4, -0.2) is 61.2 Å². The maximum absolute atomic E-state index is 12.5. The summed E-state index contributed by atoms with van der Waals surface area (Å²) in [5, 5.41) is 9.81. The molecule has 1 amide bonds. The average Bonchev–Trinajstić information content (AvgIpc) is 2.62. The smallest absolute Gasteiger partial charge is 0.222 e. The lowest BCUT2D eigenvalue weighted by Gasteiger charge is -2.42. The summed E-state index contributed by atoms with van der Waals surface area (Å²) in [4.78, 5) is 16.6. The van der Waals surface area contributed by atoms with E-state index in [4.69, 9.17) is 0 Å². The van der Waals surface area contributed by atoms with Crippen LogP contribution in [0.25, 0.3) is 0 Å². The van der Waals surface area contributed by atoms with Crippen LogP contribution in [0.3, 0.4) is 0 Å². The van der Waals surface area contributed by atoms with Gasteiger partial charge < -0.3 is 14.9 Å². The number of benzene rings is 1. The number of rotatable bonds is 8. The predicted octanol–water partition coefficient (Wildman–Crippen LogP) is 3.30. The summed E-state index contributed by atoms with van der Waals surface area (Å²) < 4.78 is 0. The summed E-state index contributed by atoms with van der Waals surface area (Å²) in [5.74, 6) is 0.823. The molecule has 0 atom stereocenters. The maximum atomic E-state index is 12.5. The van der Waals surface area contributed by atoms with Gasteiger partial charge in [0, 0.05) is 31.5 Å². The Balaban J connectivity index is 1.75. The first kappa shape index (κ1) is 20.9. The van der Waals surface area contributed by atoms with Crippen LogP contribution in [0.2, 0.25) is 0 Å². The molecule has 0 saturated carbocycles. The van der Waals surface area contributed by atoms with E-state index in [2.05, 4.69) is 43.0 Å². The van der Waals surface area contributed by atoms with E-state index in [0.717, 1.165) is 45.3 Å². The molecule has 1 heterocycles. The fourth-order valence-electron chi connectivity index (χ4n) is 3.94. The molecule has 1 fully saturated rings. The minimum Gasteiger partial charge on any atom is -0.396 e. The van der Waals surface area contributed by atoms with Gasteiger partial charge in [0.05, 0.1) is 6.61 Å². The molecule has 0 aliphatic carbocycles.